The van der Waals surface area contributed by atoms with Gasteiger partial charge in [-0.1, -0.05) is 11.6 Å². The Morgan fingerprint density at radius 3 is 2.61 bits per heavy atom. The minimum atomic E-state index is -0.203. The van der Waals surface area contributed by atoms with Gasteiger partial charge in [0.25, 0.3) is 0 Å². The Hall–Kier alpha value is -1.10. The largest absolute Gasteiger partial charge is 0.483 e. The third-order valence-electron chi connectivity index (χ3n) is 2.46. The van der Waals surface area contributed by atoms with Crippen molar-refractivity contribution in [2.75, 3.05) is 6.54 Å². The number of pyridine rings is 1. The van der Waals surface area contributed by atoms with Crippen LogP contribution in [0, 0.1) is 0 Å². The zero-order chi connectivity index (χ0) is 13.0. The van der Waals surface area contributed by atoms with Crippen molar-refractivity contribution in [1.82, 2.24) is 4.98 Å². The molecule has 0 spiro atoms. The van der Waals surface area contributed by atoms with E-state index in [0.29, 0.717) is 17.3 Å². The molecule has 0 bridgehead atoms. The Labute approximate surface area is 119 Å². The molecule has 2 N–H and O–H groups in total. The van der Waals surface area contributed by atoms with Crippen molar-refractivity contribution in [3.63, 3.8) is 0 Å². The first-order valence-corrected chi connectivity index (χ1v) is 6.59. The molecular formula is C13H12BrClN2O. The number of nitrogens with two attached hydrogens (primary N) is 1. The zero-order valence-electron chi connectivity index (χ0n) is 9.51. The van der Waals surface area contributed by atoms with E-state index in [1.165, 1.54) is 0 Å². The van der Waals surface area contributed by atoms with E-state index in [2.05, 4.69) is 20.9 Å². The van der Waals surface area contributed by atoms with Gasteiger partial charge in [-0.2, -0.15) is 0 Å². The van der Waals surface area contributed by atoms with Crippen molar-refractivity contribution in [1.29, 1.82) is 0 Å². The predicted octanol–water partition coefficient (Wildman–Crippen LogP) is 3.58. The second kappa shape index (κ2) is 6.18. The standard InChI is InChI=1S/C13H12BrClN2O/c14-11-7-10(15)1-2-12(11)18-13(8-16)9-3-5-17-6-4-9/h1-7,13H,8,16H2. The van der Waals surface area contributed by atoms with Crippen LogP contribution < -0.4 is 10.5 Å². The third kappa shape index (κ3) is 3.22. The van der Waals surface area contributed by atoms with E-state index in [4.69, 9.17) is 22.1 Å². The van der Waals surface area contributed by atoms with Crippen LogP contribution in [0.2, 0.25) is 5.02 Å². The molecule has 2 rings (SSSR count). The highest BCUT2D eigenvalue weighted by atomic mass is 79.9. The molecular weight excluding hydrogens is 316 g/mol. The quantitative estimate of drug-likeness (QED) is 0.934. The average Bonchev–Trinajstić information content (AvgIpc) is 2.39. The fourth-order valence-corrected chi connectivity index (χ4v) is 2.33. The molecule has 0 fully saturated rings. The van der Waals surface area contributed by atoms with Gasteiger partial charge in [0.15, 0.2) is 0 Å². The molecule has 94 valence electrons. The van der Waals surface area contributed by atoms with Gasteiger partial charge in [0.2, 0.25) is 0 Å². The topological polar surface area (TPSA) is 48.1 Å². The van der Waals surface area contributed by atoms with Crippen LogP contribution in [0.15, 0.2) is 47.2 Å². The molecule has 1 aromatic heterocycles. The van der Waals surface area contributed by atoms with Crippen LogP contribution in [0.4, 0.5) is 0 Å². The molecule has 1 aromatic carbocycles. The molecule has 0 aliphatic rings. The second-order valence-electron chi connectivity index (χ2n) is 3.70. The van der Waals surface area contributed by atoms with Crippen LogP contribution >= 0.6 is 27.5 Å². The van der Waals surface area contributed by atoms with Gasteiger partial charge in [-0.25, -0.2) is 0 Å². The number of rotatable bonds is 4. The molecule has 5 heteroatoms. The van der Waals surface area contributed by atoms with Gasteiger partial charge in [-0.3, -0.25) is 4.98 Å². The highest BCUT2D eigenvalue weighted by Gasteiger charge is 2.13. The molecule has 1 atom stereocenters. The van der Waals surface area contributed by atoms with Gasteiger partial charge in [0.1, 0.15) is 11.9 Å². The number of ether oxygens (including phenoxy) is 1. The Morgan fingerprint density at radius 1 is 1.28 bits per heavy atom. The number of nitrogens with zero attached hydrogens (tertiary/aromatic N) is 1. The lowest BCUT2D eigenvalue weighted by molar-refractivity contribution is 0.212. The molecule has 1 heterocycles. The maximum absolute atomic E-state index is 5.89. The maximum atomic E-state index is 5.89. The molecule has 0 aliphatic carbocycles. The van der Waals surface area contributed by atoms with Crippen LogP contribution in [0.25, 0.3) is 0 Å². The lowest BCUT2D eigenvalue weighted by Gasteiger charge is -2.18. The van der Waals surface area contributed by atoms with Crippen molar-refractivity contribution in [3.8, 4) is 5.75 Å². The number of aromatic nitrogens is 1. The summed E-state index contributed by atoms with van der Waals surface area (Å²) in [6.07, 6.45) is 3.24. The van der Waals surface area contributed by atoms with Gasteiger partial charge < -0.3 is 10.5 Å². The summed E-state index contributed by atoms with van der Waals surface area (Å²) in [5, 5.41) is 0.655. The molecule has 0 amide bonds. The first-order valence-electron chi connectivity index (χ1n) is 5.42. The molecule has 0 saturated heterocycles. The normalized spacial score (nSPS) is 12.2. The smallest absolute Gasteiger partial charge is 0.136 e. The second-order valence-corrected chi connectivity index (χ2v) is 4.99. The lowest BCUT2D eigenvalue weighted by atomic mass is 10.1. The summed E-state index contributed by atoms with van der Waals surface area (Å²) in [6, 6.07) is 9.16. The molecule has 18 heavy (non-hydrogen) atoms. The van der Waals surface area contributed by atoms with Crippen molar-refractivity contribution in [3.05, 3.63) is 57.8 Å². The van der Waals surface area contributed by atoms with Gasteiger partial charge in [-0.15, -0.1) is 0 Å². The molecule has 0 saturated carbocycles. The minimum Gasteiger partial charge on any atom is -0.483 e. The Bertz CT molecular complexity index is 522. The number of hydrogen-bond acceptors (Lipinski definition) is 3. The summed E-state index contributed by atoms with van der Waals surface area (Å²) in [5.41, 5.74) is 6.74. The summed E-state index contributed by atoms with van der Waals surface area (Å²) in [7, 11) is 0. The van der Waals surface area contributed by atoms with E-state index in [1.54, 1.807) is 24.5 Å². The SMILES string of the molecule is NCC(Oc1ccc(Cl)cc1Br)c1ccncc1. The number of benzene rings is 1. The summed E-state index contributed by atoms with van der Waals surface area (Å²) in [4.78, 5) is 3.98. The first-order chi connectivity index (χ1) is 8.70. The monoisotopic (exact) mass is 326 g/mol. The summed E-state index contributed by atoms with van der Waals surface area (Å²) in [6.45, 7) is 0.388. The molecule has 0 radical (unpaired) electrons. The van der Waals surface area contributed by atoms with Gasteiger partial charge in [0.05, 0.1) is 4.47 Å². The van der Waals surface area contributed by atoms with Gasteiger partial charge in [-0.05, 0) is 51.8 Å². The molecule has 1 unspecified atom stereocenters. The number of halogens is 2. The average molecular weight is 328 g/mol. The van der Waals surface area contributed by atoms with Crippen LogP contribution in [0.5, 0.6) is 5.75 Å². The van der Waals surface area contributed by atoms with Crippen LogP contribution in [0.3, 0.4) is 0 Å². The van der Waals surface area contributed by atoms with E-state index in [0.717, 1.165) is 10.0 Å². The fourth-order valence-electron chi connectivity index (χ4n) is 1.55. The van der Waals surface area contributed by atoms with Gasteiger partial charge in [0, 0.05) is 24.0 Å². The van der Waals surface area contributed by atoms with Crippen LogP contribution in [0.1, 0.15) is 11.7 Å². The van der Waals surface area contributed by atoms with Crippen LogP contribution in [-0.2, 0) is 0 Å². The lowest BCUT2D eigenvalue weighted by Crippen LogP contribution is -2.18. The highest BCUT2D eigenvalue weighted by molar-refractivity contribution is 9.10. The van der Waals surface area contributed by atoms with E-state index in [1.807, 2.05) is 18.2 Å². The molecule has 3 nitrogen and oxygen atoms in total. The maximum Gasteiger partial charge on any atom is 0.136 e. The molecule has 2 aromatic rings. The zero-order valence-corrected chi connectivity index (χ0v) is 11.9. The Balaban J connectivity index is 2.21. The summed E-state index contributed by atoms with van der Waals surface area (Å²) < 4.78 is 6.69. The highest BCUT2D eigenvalue weighted by Crippen LogP contribution is 2.31. The third-order valence-corrected chi connectivity index (χ3v) is 3.31. The Morgan fingerprint density at radius 2 is 2.00 bits per heavy atom. The van der Waals surface area contributed by atoms with E-state index in [-0.39, 0.29) is 6.10 Å². The van der Waals surface area contributed by atoms with Crippen molar-refractivity contribution in [2.24, 2.45) is 5.73 Å². The van der Waals surface area contributed by atoms with Crippen molar-refractivity contribution >= 4 is 27.5 Å². The van der Waals surface area contributed by atoms with Gasteiger partial charge >= 0.3 is 0 Å². The minimum absolute atomic E-state index is 0.203. The molecule has 0 aliphatic heterocycles. The van der Waals surface area contributed by atoms with Crippen molar-refractivity contribution in [2.45, 2.75) is 6.10 Å². The van der Waals surface area contributed by atoms with E-state index >= 15 is 0 Å². The first kappa shape index (κ1) is 13.3. The van der Waals surface area contributed by atoms with E-state index < -0.39 is 0 Å². The fraction of sp³-hybridized carbons (Fsp3) is 0.154. The number of hydrogen-bond donors (Lipinski definition) is 1. The van der Waals surface area contributed by atoms with Crippen LogP contribution in [-0.4, -0.2) is 11.5 Å². The summed E-state index contributed by atoms with van der Waals surface area (Å²) in [5.74, 6) is 0.715. The van der Waals surface area contributed by atoms with E-state index in [9.17, 15) is 0 Å². The Kier molecular flexibility index (Phi) is 4.58. The van der Waals surface area contributed by atoms with Crippen molar-refractivity contribution < 1.29 is 4.74 Å². The summed E-state index contributed by atoms with van der Waals surface area (Å²) >= 11 is 9.30. The predicted molar refractivity (Wildman–Crippen MR) is 75.8 cm³/mol.